The molecular formula is C12H13N3O2. The van der Waals surface area contributed by atoms with Gasteiger partial charge in [0, 0.05) is 37.4 Å². The van der Waals surface area contributed by atoms with E-state index in [1.807, 2.05) is 6.07 Å². The van der Waals surface area contributed by atoms with Crippen LogP contribution < -0.4 is 0 Å². The number of fused-ring (bicyclic) bond motifs is 1. The fourth-order valence-electron chi connectivity index (χ4n) is 1.65. The standard InChI is InChI=1S/C12H13N3O2/c1-14(2)11(17)7-15-6-9(8-16)10-4-3-5-13-12(10)15/h3-6,8H,7H2,1-2H3. The summed E-state index contributed by atoms with van der Waals surface area (Å²) in [5, 5.41) is 0.772. The molecule has 0 aliphatic carbocycles. The van der Waals surface area contributed by atoms with E-state index in [-0.39, 0.29) is 12.5 Å². The smallest absolute Gasteiger partial charge is 0.242 e. The van der Waals surface area contributed by atoms with Gasteiger partial charge in [-0.3, -0.25) is 9.59 Å². The number of likely N-dealkylation sites (N-methyl/N-ethyl adjacent to an activating group) is 1. The van der Waals surface area contributed by atoms with Gasteiger partial charge >= 0.3 is 0 Å². The van der Waals surface area contributed by atoms with Crippen LogP contribution in [0.3, 0.4) is 0 Å². The summed E-state index contributed by atoms with van der Waals surface area (Å²) in [5.74, 6) is -0.0370. The molecule has 0 bridgehead atoms. The first kappa shape index (κ1) is 11.3. The van der Waals surface area contributed by atoms with Crippen LogP contribution in [0.15, 0.2) is 24.5 Å². The van der Waals surface area contributed by atoms with Gasteiger partial charge in [0.05, 0.1) is 0 Å². The van der Waals surface area contributed by atoms with Gasteiger partial charge in [-0.05, 0) is 12.1 Å². The van der Waals surface area contributed by atoms with Crippen molar-refractivity contribution in [3.63, 3.8) is 0 Å². The Morgan fingerprint density at radius 3 is 2.94 bits per heavy atom. The quantitative estimate of drug-likeness (QED) is 0.739. The second-order valence-corrected chi connectivity index (χ2v) is 3.99. The third kappa shape index (κ3) is 2.04. The Morgan fingerprint density at radius 2 is 2.29 bits per heavy atom. The number of hydrogen-bond donors (Lipinski definition) is 0. The van der Waals surface area contributed by atoms with Crippen molar-refractivity contribution < 1.29 is 9.59 Å². The maximum atomic E-state index is 11.6. The predicted molar refractivity (Wildman–Crippen MR) is 63.8 cm³/mol. The molecule has 1 amide bonds. The SMILES string of the molecule is CN(C)C(=O)Cn1cc(C=O)c2cccnc21. The fraction of sp³-hybridized carbons (Fsp3) is 0.250. The first-order valence-electron chi connectivity index (χ1n) is 5.22. The van der Waals surface area contributed by atoms with E-state index in [0.29, 0.717) is 11.2 Å². The summed E-state index contributed by atoms with van der Waals surface area (Å²) >= 11 is 0. The molecule has 2 aromatic rings. The highest BCUT2D eigenvalue weighted by molar-refractivity contribution is 5.96. The van der Waals surface area contributed by atoms with Crippen molar-refractivity contribution in [3.05, 3.63) is 30.1 Å². The average molecular weight is 231 g/mol. The van der Waals surface area contributed by atoms with E-state index in [1.54, 1.807) is 37.1 Å². The molecular weight excluding hydrogens is 218 g/mol. The molecule has 0 radical (unpaired) electrons. The van der Waals surface area contributed by atoms with Crippen LogP contribution in [0.25, 0.3) is 11.0 Å². The molecule has 0 N–H and O–H groups in total. The minimum absolute atomic E-state index is 0.0370. The number of aromatic nitrogens is 2. The van der Waals surface area contributed by atoms with Gasteiger partial charge in [-0.25, -0.2) is 4.98 Å². The van der Waals surface area contributed by atoms with Crippen LogP contribution in [-0.4, -0.2) is 40.7 Å². The van der Waals surface area contributed by atoms with Crippen molar-refractivity contribution >= 4 is 23.2 Å². The summed E-state index contributed by atoms with van der Waals surface area (Å²) in [6.07, 6.45) is 4.08. The van der Waals surface area contributed by atoms with Crippen molar-refractivity contribution in [2.75, 3.05) is 14.1 Å². The zero-order chi connectivity index (χ0) is 12.4. The van der Waals surface area contributed by atoms with Gasteiger partial charge in [-0.1, -0.05) is 0 Å². The zero-order valence-electron chi connectivity index (χ0n) is 9.75. The third-order valence-electron chi connectivity index (χ3n) is 2.60. The molecule has 0 aliphatic rings. The van der Waals surface area contributed by atoms with Crippen LogP contribution in [0.1, 0.15) is 10.4 Å². The summed E-state index contributed by atoms with van der Waals surface area (Å²) in [4.78, 5) is 28.3. The summed E-state index contributed by atoms with van der Waals surface area (Å²) in [6.45, 7) is 0.189. The summed E-state index contributed by atoms with van der Waals surface area (Å²) < 4.78 is 1.70. The maximum absolute atomic E-state index is 11.6. The van der Waals surface area contributed by atoms with Crippen LogP contribution in [0.2, 0.25) is 0 Å². The van der Waals surface area contributed by atoms with Crippen LogP contribution in [-0.2, 0) is 11.3 Å². The lowest BCUT2D eigenvalue weighted by Crippen LogP contribution is -2.26. The highest BCUT2D eigenvalue weighted by atomic mass is 16.2. The molecule has 5 nitrogen and oxygen atoms in total. The van der Waals surface area contributed by atoms with Crippen LogP contribution in [0, 0.1) is 0 Å². The second-order valence-electron chi connectivity index (χ2n) is 3.99. The molecule has 0 saturated heterocycles. The average Bonchev–Trinajstić information content (AvgIpc) is 2.68. The van der Waals surface area contributed by atoms with Gasteiger partial charge in [-0.2, -0.15) is 0 Å². The van der Waals surface area contributed by atoms with Gasteiger partial charge in [0.2, 0.25) is 5.91 Å². The Morgan fingerprint density at radius 1 is 1.53 bits per heavy atom. The van der Waals surface area contributed by atoms with Gasteiger partial charge in [0.1, 0.15) is 12.2 Å². The molecule has 2 aromatic heterocycles. The van der Waals surface area contributed by atoms with E-state index in [2.05, 4.69) is 4.98 Å². The topological polar surface area (TPSA) is 55.2 Å². The van der Waals surface area contributed by atoms with E-state index in [4.69, 9.17) is 0 Å². The number of aldehydes is 1. The molecule has 5 heteroatoms. The highest BCUT2D eigenvalue weighted by Gasteiger charge is 2.12. The molecule has 0 atom stereocenters. The Bertz CT molecular complexity index is 572. The van der Waals surface area contributed by atoms with E-state index in [0.717, 1.165) is 11.7 Å². The minimum atomic E-state index is -0.0370. The maximum Gasteiger partial charge on any atom is 0.242 e. The number of carbonyl (C=O) groups is 2. The lowest BCUT2D eigenvalue weighted by molar-refractivity contribution is -0.129. The molecule has 0 aromatic carbocycles. The molecule has 88 valence electrons. The third-order valence-corrected chi connectivity index (χ3v) is 2.60. The largest absolute Gasteiger partial charge is 0.347 e. The minimum Gasteiger partial charge on any atom is -0.347 e. The van der Waals surface area contributed by atoms with Gasteiger partial charge < -0.3 is 9.47 Å². The number of carbonyl (C=O) groups excluding carboxylic acids is 2. The van der Waals surface area contributed by atoms with Crippen molar-refractivity contribution in [1.29, 1.82) is 0 Å². The molecule has 0 saturated carbocycles. The fourth-order valence-corrected chi connectivity index (χ4v) is 1.65. The molecule has 0 unspecified atom stereocenters. The van der Waals surface area contributed by atoms with Crippen molar-refractivity contribution in [2.45, 2.75) is 6.54 Å². The monoisotopic (exact) mass is 231 g/mol. The first-order valence-corrected chi connectivity index (χ1v) is 5.22. The molecule has 0 fully saturated rings. The van der Waals surface area contributed by atoms with Crippen molar-refractivity contribution in [1.82, 2.24) is 14.5 Å². The predicted octanol–water partition coefficient (Wildman–Crippen LogP) is 0.937. The summed E-state index contributed by atoms with van der Waals surface area (Å²) in [7, 11) is 3.39. The van der Waals surface area contributed by atoms with Gasteiger partial charge in [0.15, 0.2) is 6.29 Å². The Hall–Kier alpha value is -2.17. The van der Waals surface area contributed by atoms with E-state index in [9.17, 15) is 9.59 Å². The normalized spacial score (nSPS) is 10.5. The highest BCUT2D eigenvalue weighted by Crippen LogP contribution is 2.17. The van der Waals surface area contributed by atoms with Crippen LogP contribution in [0.4, 0.5) is 0 Å². The van der Waals surface area contributed by atoms with Crippen molar-refractivity contribution in [3.8, 4) is 0 Å². The summed E-state index contributed by atoms with van der Waals surface area (Å²) in [6, 6.07) is 3.59. The summed E-state index contributed by atoms with van der Waals surface area (Å²) in [5.41, 5.74) is 1.21. The van der Waals surface area contributed by atoms with Crippen LogP contribution >= 0.6 is 0 Å². The Balaban J connectivity index is 2.47. The number of amides is 1. The number of rotatable bonds is 3. The Labute approximate surface area is 98.7 Å². The lowest BCUT2D eigenvalue weighted by Gasteiger charge is -2.10. The zero-order valence-corrected chi connectivity index (χ0v) is 9.75. The molecule has 17 heavy (non-hydrogen) atoms. The van der Waals surface area contributed by atoms with Crippen molar-refractivity contribution in [2.24, 2.45) is 0 Å². The first-order chi connectivity index (χ1) is 8.13. The van der Waals surface area contributed by atoms with Gasteiger partial charge in [0.25, 0.3) is 0 Å². The number of hydrogen-bond acceptors (Lipinski definition) is 3. The van der Waals surface area contributed by atoms with Crippen LogP contribution in [0.5, 0.6) is 0 Å². The second kappa shape index (κ2) is 4.37. The Kier molecular flexibility index (Phi) is 2.91. The van der Waals surface area contributed by atoms with E-state index in [1.165, 1.54) is 4.90 Å². The number of nitrogens with zero attached hydrogens (tertiary/aromatic N) is 3. The lowest BCUT2D eigenvalue weighted by atomic mass is 10.2. The van der Waals surface area contributed by atoms with Gasteiger partial charge in [-0.15, -0.1) is 0 Å². The van der Waals surface area contributed by atoms with E-state index >= 15 is 0 Å². The molecule has 0 aliphatic heterocycles. The number of pyridine rings is 1. The molecule has 0 spiro atoms. The molecule has 2 rings (SSSR count). The molecule has 2 heterocycles. The van der Waals surface area contributed by atoms with E-state index < -0.39 is 0 Å².